The van der Waals surface area contributed by atoms with Gasteiger partial charge in [-0.2, -0.15) is 4.98 Å². The van der Waals surface area contributed by atoms with Gasteiger partial charge in [0.05, 0.1) is 12.5 Å². The smallest absolute Gasteiger partial charge is 0.215 e. The third-order valence-corrected chi connectivity index (χ3v) is 4.50. The topological polar surface area (TPSA) is 57.0 Å². The number of aromatic nitrogens is 3. The monoisotopic (exact) mass is 315 g/mol. The Labute approximate surface area is 125 Å². The number of hydrogen-bond acceptors (Lipinski definition) is 4. The fourth-order valence-electron chi connectivity index (χ4n) is 1.98. The largest absolute Gasteiger partial charge is 0.481 e. The number of ether oxygens (including phenoxy) is 1. The highest BCUT2D eigenvalue weighted by Gasteiger charge is 2.17. The van der Waals surface area contributed by atoms with E-state index >= 15 is 0 Å². The van der Waals surface area contributed by atoms with Gasteiger partial charge >= 0.3 is 0 Å². The molecule has 0 fully saturated rings. The van der Waals surface area contributed by atoms with Gasteiger partial charge in [-0.1, -0.05) is 6.92 Å². The Morgan fingerprint density at radius 2 is 2.20 bits per heavy atom. The zero-order valence-electron chi connectivity index (χ0n) is 11.8. The lowest BCUT2D eigenvalue weighted by Gasteiger charge is -2.09. The number of nitrogens with zero attached hydrogens (tertiary/aromatic N) is 3. The number of pyridine rings is 1. The van der Waals surface area contributed by atoms with Gasteiger partial charge in [-0.05, 0) is 13.0 Å². The zero-order chi connectivity index (χ0) is 14.7. The summed E-state index contributed by atoms with van der Waals surface area (Å²) in [6, 6.07) is 3.63. The average molecular weight is 316 g/mol. The van der Waals surface area contributed by atoms with E-state index in [9.17, 15) is 4.21 Å². The van der Waals surface area contributed by atoms with Gasteiger partial charge in [0.1, 0.15) is 11.3 Å². The van der Waals surface area contributed by atoms with Crippen molar-refractivity contribution in [2.45, 2.75) is 25.8 Å². The maximum atomic E-state index is 11.6. The van der Waals surface area contributed by atoms with Crippen LogP contribution in [0, 0.1) is 0 Å². The van der Waals surface area contributed by atoms with E-state index in [2.05, 4.69) is 9.97 Å². The van der Waals surface area contributed by atoms with Crippen molar-refractivity contribution in [3.8, 4) is 5.88 Å². The molecular weight excluding hydrogens is 298 g/mol. The summed E-state index contributed by atoms with van der Waals surface area (Å²) < 4.78 is 18.7. The van der Waals surface area contributed by atoms with Crippen LogP contribution in [0.1, 0.15) is 25.0 Å². The van der Waals surface area contributed by atoms with E-state index in [1.807, 2.05) is 24.5 Å². The summed E-state index contributed by atoms with van der Waals surface area (Å²) in [4.78, 5) is 8.93. The van der Waals surface area contributed by atoms with Crippen molar-refractivity contribution >= 4 is 33.6 Å². The summed E-state index contributed by atoms with van der Waals surface area (Å²) in [7, 11) is 0.742. The van der Waals surface area contributed by atoms with Crippen LogP contribution in [0.15, 0.2) is 12.1 Å². The molecule has 2 unspecified atom stereocenters. The Hall–Kier alpha value is -1.14. The number of methoxy groups -OCH3 is 1. The van der Waals surface area contributed by atoms with E-state index in [4.69, 9.17) is 16.3 Å². The zero-order valence-corrected chi connectivity index (χ0v) is 13.4. The molecular formula is C13H18ClN3O2S. The third kappa shape index (κ3) is 3.12. The van der Waals surface area contributed by atoms with Crippen molar-refractivity contribution in [1.29, 1.82) is 0 Å². The third-order valence-electron chi connectivity index (χ3n) is 3.03. The summed E-state index contributed by atoms with van der Waals surface area (Å²) in [6.45, 7) is 4.37. The van der Waals surface area contributed by atoms with E-state index in [1.165, 1.54) is 0 Å². The molecule has 5 nitrogen and oxygen atoms in total. The molecule has 2 rings (SSSR count). The normalized spacial score (nSPS) is 14.4. The summed E-state index contributed by atoms with van der Waals surface area (Å²) >= 11 is 6.18. The molecule has 20 heavy (non-hydrogen) atoms. The van der Waals surface area contributed by atoms with E-state index in [0.29, 0.717) is 23.9 Å². The second kappa shape index (κ2) is 6.54. The molecule has 2 atom stereocenters. The maximum absolute atomic E-state index is 11.6. The van der Waals surface area contributed by atoms with Gasteiger partial charge in [0.25, 0.3) is 0 Å². The Bertz CT molecular complexity index is 627. The molecule has 7 heteroatoms. The molecule has 2 heterocycles. The van der Waals surface area contributed by atoms with Gasteiger partial charge in [0.2, 0.25) is 5.88 Å². The van der Waals surface area contributed by atoms with E-state index in [0.717, 1.165) is 17.0 Å². The number of imidazole rings is 1. The molecule has 0 aliphatic carbocycles. The fraction of sp³-hybridized carbons (Fsp3) is 0.538. The van der Waals surface area contributed by atoms with Crippen LogP contribution in [0.4, 0.5) is 0 Å². The van der Waals surface area contributed by atoms with Crippen LogP contribution in [-0.2, 0) is 17.3 Å². The first kappa shape index (κ1) is 15.3. The highest BCUT2D eigenvalue weighted by molar-refractivity contribution is 7.84. The number of alkyl halides is 1. The lowest BCUT2D eigenvalue weighted by Crippen LogP contribution is -2.12. The van der Waals surface area contributed by atoms with Crippen LogP contribution in [0.2, 0.25) is 0 Å². The first-order chi connectivity index (χ1) is 9.56. The van der Waals surface area contributed by atoms with Crippen molar-refractivity contribution in [2.24, 2.45) is 0 Å². The predicted octanol–water partition coefficient (Wildman–Crippen LogP) is 2.51. The average Bonchev–Trinajstić information content (AvgIpc) is 2.82. The van der Waals surface area contributed by atoms with E-state index in [-0.39, 0.29) is 5.38 Å². The Kier molecular flexibility index (Phi) is 4.99. The van der Waals surface area contributed by atoms with Gasteiger partial charge in [-0.15, -0.1) is 11.6 Å². The molecule has 0 spiro atoms. The summed E-state index contributed by atoms with van der Waals surface area (Å²) in [5.74, 6) is 2.49. The molecule has 0 radical (unpaired) electrons. The van der Waals surface area contributed by atoms with Gasteiger partial charge in [0.15, 0.2) is 5.65 Å². The SMILES string of the molecule is CCS(=O)CCn1c(C(C)Cl)nc2ccc(OC)nc21. The number of halogens is 1. The molecule has 0 bridgehead atoms. The van der Waals surface area contributed by atoms with Crippen LogP contribution >= 0.6 is 11.6 Å². The van der Waals surface area contributed by atoms with Crippen LogP contribution < -0.4 is 4.74 Å². The van der Waals surface area contributed by atoms with Crippen molar-refractivity contribution in [3.63, 3.8) is 0 Å². The summed E-state index contributed by atoms with van der Waals surface area (Å²) in [6.07, 6.45) is 0. The summed E-state index contributed by atoms with van der Waals surface area (Å²) in [5, 5.41) is -0.231. The number of aryl methyl sites for hydroxylation is 1. The quantitative estimate of drug-likeness (QED) is 0.769. The van der Waals surface area contributed by atoms with Gasteiger partial charge < -0.3 is 9.30 Å². The maximum Gasteiger partial charge on any atom is 0.215 e. The standard InChI is InChI=1S/C13H18ClN3O2S/c1-4-20(18)8-7-17-12(9(2)14)15-10-5-6-11(19-3)16-13(10)17/h5-6,9H,4,7-8H2,1-3H3. The van der Waals surface area contributed by atoms with Crippen LogP contribution in [-0.4, -0.2) is 37.4 Å². The minimum absolute atomic E-state index is 0.231. The molecule has 0 aliphatic heterocycles. The van der Waals surface area contributed by atoms with Crippen molar-refractivity contribution in [3.05, 3.63) is 18.0 Å². The predicted molar refractivity (Wildman–Crippen MR) is 81.9 cm³/mol. The number of hydrogen-bond donors (Lipinski definition) is 0. The molecule has 0 aromatic carbocycles. The van der Waals surface area contributed by atoms with E-state index in [1.54, 1.807) is 13.2 Å². The van der Waals surface area contributed by atoms with E-state index < -0.39 is 10.8 Å². The second-order valence-electron chi connectivity index (χ2n) is 4.37. The first-order valence-corrected chi connectivity index (χ1v) is 8.39. The molecule has 0 saturated heterocycles. The molecule has 0 amide bonds. The minimum atomic E-state index is -0.834. The Balaban J connectivity index is 2.45. The minimum Gasteiger partial charge on any atom is -0.481 e. The van der Waals surface area contributed by atoms with Crippen molar-refractivity contribution in [2.75, 3.05) is 18.6 Å². The highest BCUT2D eigenvalue weighted by atomic mass is 35.5. The highest BCUT2D eigenvalue weighted by Crippen LogP contribution is 2.25. The van der Waals surface area contributed by atoms with Crippen LogP contribution in [0.5, 0.6) is 5.88 Å². The number of rotatable bonds is 6. The molecule has 0 aliphatic rings. The molecule has 110 valence electrons. The van der Waals surface area contributed by atoms with Gasteiger partial charge in [-0.3, -0.25) is 4.21 Å². The molecule has 0 N–H and O–H groups in total. The Morgan fingerprint density at radius 1 is 1.45 bits per heavy atom. The van der Waals surface area contributed by atoms with Gasteiger partial charge in [-0.25, -0.2) is 4.98 Å². The fourth-order valence-corrected chi connectivity index (χ4v) is 2.82. The van der Waals surface area contributed by atoms with Crippen molar-refractivity contribution in [1.82, 2.24) is 14.5 Å². The van der Waals surface area contributed by atoms with Gasteiger partial charge in [0, 0.05) is 34.9 Å². The number of fused-ring (bicyclic) bond motifs is 1. The summed E-state index contributed by atoms with van der Waals surface area (Å²) in [5.41, 5.74) is 1.50. The molecule has 2 aromatic rings. The molecule has 0 saturated carbocycles. The van der Waals surface area contributed by atoms with Crippen molar-refractivity contribution < 1.29 is 8.95 Å². The Morgan fingerprint density at radius 3 is 2.80 bits per heavy atom. The van der Waals surface area contributed by atoms with Crippen LogP contribution in [0.3, 0.4) is 0 Å². The second-order valence-corrected chi connectivity index (χ2v) is 6.89. The molecule has 2 aromatic heterocycles. The lowest BCUT2D eigenvalue weighted by molar-refractivity contribution is 0.399. The first-order valence-electron chi connectivity index (χ1n) is 6.47. The van der Waals surface area contributed by atoms with Crippen LogP contribution in [0.25, 0.3) is 11.2 Å². The lowest BCUT2D eigenvalue weighted by atomic mass is 10.4.